The zero-order valence-electron chi connectivity index (χ0n) is 94.6. The molecule has 10 aliphatic rings. The molecule has 36 nitrogen and oxygen atoms in total. The highest BCUT2D eigenvalue weighted by atomic mass is 19.3. The van der Waals surface area contributed by atoms with Crippen molar-refractivity contribution in [2.24, 2.45) is 0 Å². The van der Waals surface area contributed by atoms with Gasteiger partial charge in [-0.2, -0.15) is 19.2 Å². The fourth-order valence-electron chi connectivity index (χ4n) is 16.4. The summed E-state index contributed by atoms with van der Waals surface area (Å²) >= 11 is 0. The Balaban J connectivity index is 0. The zero-order chi connectivity index (χ0) is 112. The van der Waals surface area contributed by atoms with Gasteiger partial charge < -0.3 is 137 Å². The van der Waals surface area contributed by atoms with Crippen LogP contribution in [-0.4, -0.2) is 496 Å². The van der Waals surface area contributed by atoms with Crippen LogP contribution in [0.15, 0.2) is 0 Å². The van der Waals surface area contributed by atoms with Crippen molar-refractivity contribution in [1.29, 1.82) is 0 Å². The van der Waals surface area contributed by atoms with Crippen molar-refractivity contribution < 1.29 is 149 Å². The van der Waals surface area contributed by atoms with Gasteiger partial charge in [0.25, 0.3) is 5.92 Å². The lowest BCUT2D eigenvalue weighted by molar-refractivity contribution is -0.193. The van der Waals surface area contributed by atoms with E-state index in [1.165, 1.54) is 0 Å². The number of carbonyl (C=O) groups excluding carboxylic acids is 8. The van der Waals surface area contributed by atoms with Crippen LogP contribution in [0.3, 0.4) is 0 Å². The Kier molecular flexibility index (Phi) is 88.8. The molecule has 0 aliphatic carbocycles. The minimum absolute atomic E-state index is 0.0119. The van der Waals surface area contributed by atoms with Gasteiger partial charge in [0.2, 0.25) is 23.6 Å². The third kappa shape index (κ3) is 85.6. The molecule has 0 spiro atoms. The summed E-state index contributed by atoms with van der Waals surface area (Å²) in [7, 11) is 0. The summed E-state index contributed by atoms with van der Waals surface area (Å²) in [5, 5.41) is 74.2. The number of likely N-dealkylation sites (tertiary alicyclic amines) is 10. The van der Waals surface area contributed by atoms with Crippen molar-refractivity contribution >= 4 is 35.9 Å². The van der Waals surface area contributed by atoms with Gasteiger partial charge in [0.1, 0.15) is 31.7 Å². The number of hydrogen-bond acceptors (Lipinski definition) is 32. The minimum atomic E-state index is -2.43. The van der Waals surface area contributed by atoms with E-state index >= 15 is 0 Å². The Morgan fingerprint density at radius 2 is 0.493 bits per heavy atom. The van der Waals surface area contributed by atoms with Gasteiger partial charge >= 0.3 is 12.3 Å². The van der Waals surface area contributed by atoms with Crippen LogP contribution in [0.1, 0.15) is 286 Å². The molecule has 0 aromatic rings. The molecule has 10 fully saturated rings. The van der Waals surface area contributed by atoms with E-state index in [1.807, 2.05) is 96.9 Å². The number of hydrogen-bond donors (Lipinski definition) is 8. The van der Waals surface area contributed by atoms with Crippen LogP contribution < -0.4 is 0 Å². The van der Waals surface area contributed by atoms with Gasteiger partial charge in [-0.15, -0.1) is 0 Å². The second-order valence-corrected chi connectivity index (χ2v) is 42.1. The Morgan fingerprint density at radius 1 is 0.270 bits per heavy atom. The van der Waals surface area contributed by atoms with E-state index in [4.69, 9.17) is 66.5 Å². The van der Waals surface area contributed by atoms with Gasteiger partial charge in [-0.3, -0.25) is 19.2 Å². The maximum atomic E-state index is 13.1. The number of alkyl halides is 5. The fraction of sp³-hybridized carbons (Fsp3) is 0.944. The lowest BCUT2D eigenvalue weighted by Gasteiger charge is -2.32. The van der Waals surface area contributed by atoms with Gasteiger partial charge in [-0.05, 0) is 260 Å². The number of amides is 4. The highest BCUT2D eigenvalue weighted by molar-refractivity contribution is 5.78. The summed E-state index contributed by atoms with van der Waals surface area (Å²) in [5.41, 5.74) is 0. The van der Waals surface area contributed by atoms with Crippen molar-refractivity contribution in [1.82, 2.24) is 49.0 Å². The number of aliphatic hydroxyl groups is 8. The van der Waals surface area contributed by atoms with Crippen molar-refractivity contribution in [2.45, 2.75) is 420 Å². The number of rotatable bonds is 44. The molecule has 0 radical (unpaired) electrons. The summed E-state index contributed by atoms with van der Waals surface area (Å²) in [5.74, 6) is -2.29. The lowest BCUT2D eigenvalue weighted by atomic mass is 10.1. The predicted octanol–water partition coefficient (Wildman–Crippen LogP) is 9.72. The van der Waals surface area contributed by atoms with Crippen LogP contribution in [-0.2, 0) is 85.7 Å². The topological polar surface area (TPSA) is 423 Å². The molecule has 0 aromatic carbocycles. The van der Waals surface area contributed by atoms with Crippen molar-refractivity contribution in [3.63, 3.8) is 0 Å². The molecule has 876 valence electrons. The lowest BCUT2D eigenvalue weighted by Crippen LogP contribution is -2.44. The Morgan fingerprint density at radius 3 is 0.757 bits per heavy atom. The fourth-order valence-corrected chi connectivity index (χ4v) is 16.4. The first-order valence-electron chi connectivity index (χ1n) is 55.3. The van der Waals surface area contributed by atoms with E-state index < -0.39 is 36.6 Å². The van der Waals surface area contributed by atoms with Gasteiger partial charge in [-0.25, -0.2) is 22.0 Å². The third-order valence-corrected chi connectivity index (χ3v) is 24.7. The van der Waals surface area contributed by atoms with Gasteiger partial charge in [0.05, 0.1) is 136 Å². The number of aliphatic hydroxyl groups excluding tert-OH is 8. The Hall–Kier alpha value is -4.67. The smallest absolute Gasteiger partial charge is 0.373 e. The second-order valence-electron chi connectivity index (χ2n) is 42.1. The van der Waals surface area contributed by atoms with Crippen molar-refractivity contribution in [2.75, 3.05) is 236 Å². The summed E-state index contributed by atoms with van der Waals surface area (Å²) in [6.07, 6.45) is 14.1. The van der Waals surface area contributed by atoms with Crippen LogP contribution in [0.4, 0.5) is 22.0 Å². The second kappa shape index (κ2) is 90.4. The summed E-state index contributed by atoms with van der Waals surface area (Å²) in [6.45, 7) is 65.5. The van der Waals surface area contributed by atoms with Crippen LogP contribution >= 0.6 is 0 Å². The zero-order valence-corrected chi connectivity index (χ0v) is 94.6. The molecular formula is C107H207F5N10O26. The molecule has 0 bridgehead atoms. The van der Waals surface area contributed by atoms with Crippen molar-refractivity contribution in [3.8, 4) is 0 Å². The number of halogens is 5. The highest BCUT2D eigenvalue weighted by Gasteiger charge is 2.35. The Bertz CT molecular complexity index is 3050. The maximum Gasteiger partial charge on any atom is 0.373 e. The predicted molar refractivity (Wildman–Crippen MR) is 560 cm³/mol. The first-order chi connectivity index (χ1) is 69.9. The number of piperidine rings is 7. The molecule has 4 amide bonds. The quantitative estimate of drug-likeness (QED) is 0.0208. The van der Waals surface area contributed by atoms with Crippen LogP contribution in [0.2, 0.25) is 0 Å². The maximum absolute atomic E-state index is 13.1. The molecule has 0 saturated carbocycles. The summed E-state index contributed by atoms with van der Waals surface area (Å²) in [6, 6.07) is 0. The normalized spacial score (nSPS) is 22.7. The van der Waals surface area contributed by atoms with Crippen molar-refractivity contribution in [3.05, 3.63) is 0 Å². The first kappa shape index (κ1) is 145. The van der Waals surface area contributed by atoms with E-state index in [9.17, 15) is 82.0 Å². The van der Waals surface area contributed by atoms with Gasteiger partial charge in [-0.1, -0.05) is 0 Å². The molecule has 10 aliphatic heterocycles. The average molecular weight is 2140 g/mol. The average Bonchev–Trinajstić information content (AvgIpc) is 1.42. The van der Waals surface area contributed by atoms with E-state index in [0.29, 0.717) is 148 Å². The monoisotopic (exact) mass is 2140 g/mol. The van der Waals surface area contributed by atoms with Gasteiger partial charge in [0.15, 0.2) is 0 Å². The van der Waals surface area contributed by atoms with Crippen LogP contribution in [0, 0.1) is 0 Å². The van der Waals surface area contributed by atoms with E-state index in [1.54, 1.807) is 19.6 Å². The van der Waals surface area contributed by atoms with E-state index in [-0.39, 0.29) is 141 Å². The molecule has 10 saturated heterocycles. The molecule has 10 heterocycles. The molecule has 148 heavy (non-hydrogen) atoms. The van der Waals surface area contributed by atoms with Gasteiger partial charge in [0, 0.05) is 223 Å². The molecule has 1 unspecified atom stereocenters. The first-order valence-corrected chi connectivity index (χ1v) is 55.3. The van der Waals surface area contributed by atoms with Crippen LogP contribution in [0.25, 0.3) is 0 Å². The molecule has 41 heteroatoms. The largest absolute Gasteiger partial charge is 0.393 e. The molecule has 0 aromatic heterocycles. The standard InChI is InChI=1S/C11H21F2NO.2C11H22FNO2.C11H22FNO.C11H23NO2.4C10H19NO3.C10H21NO2.2CO2/c1-10(2)15-9-3-6-14-7-4-11(12,13)5-8-14;2*1-9(2)15-7-3-5-13-6-4-11(14)10(12)8-13;1-10(2)14-9-3-6-13-7-4-11(12)5-8-13;1-10(2)14-9-3-6-12-7-4-11(13)5-8-12;2*1-8(2)14-6-4-10(13)11-5-3-9(12)7-11;2*1-8(2)14-7-10(13)11-5-3-4-9(12)6-11;1-9(2)13-7-3-5-11-6-4-10(12)8-11;2*2-1-3/h10H,3-9H2,1-2H3;2*9-11,14H,3-8H2,1-2H3;10-11H,3-9H2,1-2H3;10-11,13H,3-9H2,1-2H3;4*8-9,12H,3-7H2,1-2H3;9-10,12H,3-8H2,1-2H3;;/t;10-,11+;10-,11-;;;4*9-;;;/m.10..1010.../s1. The summed E-state index contributed by atoms with van der Waals surface area (Å²) < 4.78 is 118. The number of nitrogens with zero attached hydrogens (tertiary/aromatic N) is 10. The van der Waals surface area contributed by atoms with Crippen LogP contribution in [0.5, 0.6) is 0 Å². The molecular weight excluding hydrogens is 1940 g/mol. The Labute approximate surface area is 886 Å². The number of β-amino-alcohol motifs (C(OH)–C–C–N with tert-alkyl or cyclic N) is 5. The van der Waals surface area contributed by atoms with E-state index in [0.717, 1.165) is 228 Å². The minimum Gasteiger partial charge on any atom is -0.393 e. The number of ether oxygens (including phenoxy) is 10. The summed E-state index contributed by atoms with van der Waals surface area (Å²) in [4.78, 5) is 98.6. The highest BCUT2D eigenvalue weighted by Crippen LogP contribution is 2.28. The van der Waals surface area contributed by atoms with E-state index in [2.05, 4.69) is 70.9 Å². The third-order valence-electron chi connectivity index (χ3n) is 24.7. The molecule has 9 atom stereocenters. The molecule has 8 N–H and O–H groups in total. The number of carbonyl (C=O) groups is 4. The molecule has 10 rings (SSSR count). The SMILES string of the molecule is CC(C)OCC(=O)N1CCC[C@@H](O)C1.CC(C)OCC(=O)N1CCC[C@H](O)C1.CC(C)OCCC(=O)N1CC[C@@H](O)C1.CC(C)OCCC(=O)N1CC[C@H](O)C1.CC(C)OCCCN1CCC(F)(F)CC1.CC(C)OCCCN1CCC(F)CC1.CC(C)OCCCN1CCC(O)C1.CC(C)OCCCN1CCC(O)CC1.CC(C)OCCCN1CC[C@H](O)[C@@H](F)C1.CC(C)OCCCN1CC[C@H](O)[C@H](F)C1.O=C=O.O=C=O.